The third kappa shape index (κ3) is 2.09. The minimum Gasteiger partial charge on any atom is -0.497 e. The van der Waals surface area contributed by atoms with Gasteiger partial charge in [0.2, 0.25) is 0 Å². The molecule has 15 heavy (non-hydrogen) atoms. The van der Waals surface area contributed by atoms with Gasteiger partial charge in [0.15, 0.2) is 12.4 Å². The predicted octanol–water partition coefficient (Wildman–Crippen LogP) is 2.55. The van der Waals surface area contributed by atoms with Crippen LogP contribution in [0.15, 0.2) is 36.7 Å². The molecule has 0 radical (unpaired) electrons. The quantitative estimate of drug-likeness (QED) is 0.697. The number of methoxy groups -OCH3 is 1. The van der Waals surface area contributed by atoms with Crippen molar-refractivity contribution in [2.24, 2.45) is 0 Å². The van der Waals surface area contributed by atoms with Gasteiger partial charge in [-0.25, -0.2) is 4.57 Å². The maximum atomic E-state index is 5.21. The first-order valence-corrected chi connectivity index (χ1v) is 5.30. The van der Waals surface area contributed by atoms with Gasteiger partial charge >= 0.3 is 0 Å². The molecule has 0 spiro atoms. The maximum absolute atomic E-state index is 5.21. The lowest BCUT2D eigenvalue weighted by Gasteiger charge is -2.01. The lowest BCUT2D eigenvalue weighted by molar-refractivity contribution is -0.695. The molecule has 0 aliphatic heterocycles. The second-order valence-corrected chi connectivity index (χ2v) is 3.68. The van der Waals surface area contributed by atoms with Gasteiger partial charge in [0.1, 0.15) is 12.3 Å². The Labute approximate surface area is 90.1 Å². The van der Waals surface area contributed by atoms with Crippen LogP contribution in [0.2, 0.25) is 0 Å². The van der Waals surface area contributed by atoms with E-state index >= 15 is 0 Å². The molecule has 0 aliphatic rings. The molecule has 2 rings (SSSR count). The fourth-order valence-electron chi connectivity index (χ4n) is 1.74. The molecule has 0 saturated heterocycles. The van der Waals surface area contributed by atoms with Crippen LogP contribution in [0.1, 0.15) is 13.3 Å². The minimum absolute atomic E-state index is 0.914. The smallest absolute Gasteiger partial charge is 0.176 e. The lowest BCUT2D eigenvalue weighted by atomic mass is 10.1. The Bertz CT molecular complexity index is 465. The average molecular weight is 202 g/mol. The van der Waals surface area contributed by atoms with Crippen molar-refractivity contribution >= 4 is 10.8 Å². The van der Waals surface area contributed by atoms with Crippen LogP contribution in [0.25, 0.3) is 10.8 Å². The van der Waals surface area contributed by atoms with Crippen LogP contribution < -0.4 is 9.30 Å². The molecule has 0 fully saturated rings. The number of hydrogen-bond donors (Lipinski definition) is 0. The fraction of sp³-hybridized carbons (Fsp3) is 0.308. The Morgan fingerprint density at radius 1 is 1.20 bits per heavy atom. The van der Waals surface area contributed by atoms with Crippen molar-refractivity contribution in [3.8, 4) is 5.75 Å². The average Bonchev–Trinajstić information content (AvgIpc) is 2.28. The van der Waals surface area contributed by atoms with Gasteiger partial charge in [-0.15, -0.1) is 0 Å². The normalized spacial score (nSPS) is 10.5. The number of nitrogens with zero attached hydrogens (tertiary/aromatic N) is 1. The monoisotopic (exact) mass is 202 g/mol. The van der Waals surface area contributed by atoms with Gasteiger partial charge in [-0.2, -0.15) is 0 Å². The third-order valence-electron chi connectivity index (χ3n) is 2.53. The van der Waals surface area contributed by atoms with E-state index in [9.17, 15) is 0 Å². The molecule has 0 atom stereocenters. The van der Waals surface area contributed by atoms with Gasteiger partial charge in [0.05, 0.1) is 7.11 Å². The van der Waals surface area contributed by atoms with Crippen molar-refractivity contribution in [2.45, 2.75) is 19.9 Å². The fourth-order valence-corrected chi connectivity index (χ4v) is 1.74. The van der Waals surface area contributed by atoms with Crippen molar-refractivity contribution in [2.75, 3.05) is 7.11 Å². The van der Waals surface area contributed by atoms with E-state index in [4.69, 9.17) is 4.74 Å². The molecule has 2 aromatic rings. The minimum atomic E-state index is 0.914. The van der Waals surface area contributed by atoms with E-state index in [1.54, 1.807) is 7.11 Å². The van der Waals surface area contributed by atoms with E-state index in [-0.39, 0.29) is 0 Å². The molecule has 0 N–H and O–H groups in total. The zero-order chi connectivity index (χ0) is 10.7. The highest BCUT2D eigenvalue weighted by Gasteiger charge is 2.02. The summed E-state index contributed by atoms with van der Waals surface area (Å²) in [6, 6.07) is 8.29. The summed E-state index contributed by atoms with van der Waals surface area (Å²) in [5.41, 5.74) is 0. The molecular weight excluding hydrogens is 186 g/mol. The van der Waals surface area contributed by atoms with Crippen LogP contribution >= 0.6 is 0 Å². The molecule has 0 bridgehead atoms. The summed E-state index contributed by atoms with van der Waals surface area (Å²) in [4.78, 5) is 0. The van der Waals surface area contributed by atoms with E-state index < -0.39 is 0 Å². The SMILES string of the molecule is CCC[n+]1ccc2ccc(OC)cc2c1. The molecule has 1 aromatic carbocycles. The maximum Gasteiger partial charge on any atom is 0.176 e. The molecule has 2 heteroatoms. The van der Waals surface area contributed by atoms with E-state index in [0.29, 0.717) is 0 Å². The Balaban J connectivity index is 2.48. The van der Waals surface area contributed by atoms with Crippen molar-refractivity contribution in [1.29, 1.82) is 0 Å². The number of aromatic nitrogens is 1. The Morgan fingerprint density at radius 3 is 2.80 bits per heavy atom. The second kappa shape index (κ2) is 4.30. The van der Waals surface area contributed by atoms with Gasteiger partial charge in [-0.3, -0.25) is 0 Å². The largest absolute Gasteiger partial charge is 0.497 e. The summed E-state index contributed by atoms with van der Waals surface area (Å²) in [6.07, 6.45) is 5.44. The van der Waals surface area contributed by atoms with Gasteiger partial charge in [0.25, 0.3) is 0 Å². The highest BCUT2D eigenvalue weighted by molar-refractivity contribution is 5.82. The van der Waals surface area contributed by atoms with Gasteiger partial charge in [-0.05, 0) is 17.5 Å². The molecule has 1 heterocycles. The Kier molecular flexibility index (Phi) is 2.86. The van der Waals surface area contributed by atoms with Gasteiger partial charge in [0, 0.05) is 17.9 Å². The zero-order valence-corrected chi connectivity index (χ0v) is 9.23. The van der Waals surface area contributed by atoms with Crippen molar-refractivity contribution in [3.63, 3.8) is 0 Å². The van der Waals surface area contributed by atoms with E-state index in [1.807, 2.05) is 6.07 Å². The molecule has 78 valence electrons. The lowest BCUT2D eigenvalue weighted by Crippen LogP contribution is -2.32. The second-order valence-electron chi connectivity index (χ2n) is 3.68. The number of hydrogen-bond acceptors (Lipinski definition) is 1. The topological polar surface area (TPSA) is 13.1 Å². The molecule has 0 saturated carbocycles. The first-order chi connectivity index (χ1) is 7.33. The highest BCUT2D eigenvalue weighted by atomic mass is 16.5. The Hall–Kier alpha value is -1.57. The van der Waals surface area contributed by atoms with E-state index in [1.165, 1.54) is 10.8 Å². The summed E-state index contributed by atoms with van der Waals surface area (Å²) < 4.78 is 7.42. The first-order valence-electron chi connectivity index (χ1n) is 5.30. The molecule has 1 aromatic heterocycles. The summed E-state index contributed by atoms with van der Waals surface area (Å²) in [5.74, 6) is 0.914. The van der Waals surface area contributed by atoms with E-state index in [2.05, 4.69) is 42.1 Å². The summed E-state index contributed by atoms with van der Waals surface area (Å²) in [5, 5.41) is 2.48. The molecule has 2 nitrogen and oxygen atoms in total. The van der Waals surface area contributed by atoms with Crippen LogP contribution in [0, 0.1) is 0 Å². The van der Waals surface area contributed by atoms with E-state index in [0.717, 1.165) is 18.7 Å². The number of aryl methyl sites for hydroxylation is 1. The molecule has 0 aliphatic carbocycles. The standard InChI is InChI=1S/C13H16NO/c1-3-7-14-8-6-11-4-5-13(15-2)9-12(11)10-14/h4-6,8-10H,3,7H2,1-2H3/q+1. The van der Waals surface area contributed by atoms with Gasteiger partial charge in [-0.1, -0.05) is 13.0 Å². The van der Waals surface area contributed by atoms with Crippen LogP contribution in [0.3, 0.4) is 0 Å². The number of benzene rings is 1. The summed E-state index contributed by atoms with van der Waals surface area (Å²) >= 11 is 0. The number of ether oxygens (including phenoxy) is 1. The van der Waals surface area contributed by atoms with Crippen molar-refractivity contribution in [1.82, 2.24) is 0 Å². The van der Waals surface area contributed by atoms with Crippen molar-refractivity contribution < 1.29 is 9.30 Å². The molecular formula is C13H16NO+. The Morgan fingerprint density at radius 2 is 2.07 bits per heavy atom. The van der Waals surface area contributed by atoms with Crippen LogP contribution in [0.5, 0.6) is 5.75 Å². The summed E-state index contributed by atoms with van der Waals surface area (Å²) in [6.45, 7) is 3.25. The summed E-state index contributed by atoms with van der Waals surface area (Å²) in [7, 11) is 1.70. The molecule has 0 unspecified atom stereocenters. The van der Waals surface area contributed by atoms with Crippen LogP contribution in [0.4, 0.5) is 0 Å². The van der Waals surface area contributed by atoms with Crippen LogP contribution in [-0.4, -0.2) is 7.11 Å². The predicted molar refractivity (Wildman–Crippen MR) is 61.0 cm³/mol. The van der Waals surface area contributed by atoms with Crippen molar-refractivity contribution in [3.05, 3.63) is 36.7 Å². The third-order valence-corrected chi connectivity index (χ3v) is 2.53. The first kappa shape index (κ1) is 9.97. The highest BCUT2D eigenvalue weighted by Crippen LogP contribution is 2.18. The number of fused-ring (bicyclic) bond motifs is 1. The zero-order valence-electron chi connectivity index (χ0n) is 9.23. The van der Waals surface area contributed by atoms with Crippen LogP contribution in [-0.2, 0) is 6.54 Å². The van der Waals surface area contributed by atoms with Gasteiger partial charge < -0.3 is 4.74 Å². The number of pyridine rings is 1. The number of rotatable bonds is 3. The molecule has 0 amide bonds.